The number of benzene rings is 1. The molecule has 0 aromatic heterocycles. The van der Waals surface area contributed by atoms with Gasteiger partial charge in [0.15, 0.2) is 0 Å². The van der Waals surface area contributed by atoms with Crippen molar-refractivity contribution in [3.8, 4) is 0 Å². The average Bonchev–Trinajstić information content (AvgIpc) is 2.52. The number of carbonyl (C=O) groups excluding carboxylic acids is 3. The maximum atomic E-state index is 11.7. The van der Waals surface area contributed by atoms with Crippen molar-refractivity contribution >= 4 is 17.9 Å². The second kappa shape index (κ2) is 8.57. The van der Waals surface area contributed by atoms with Crippen LogP contribution >= 0.6 is 0 Å². The van der Waals surface area contributed by atoms with Crippen molar-refractivity contribution in [1.82, 2.24) is 16.0 Å². The fourth-order valence-electron chi connectivity index (χ4n) is 1.58. The zero-order chi connectivity index (χ0) is 15.7. The summed E-state index contributed by atoms with van der Waals surface area (Å²) in [6.07, 6.45) is -0.910. The molecule has 0 saturated heterocycles. The molecule has 0 aliphatic carbocycles. The van der Waals surface area contributed by atoms with Crippen LogP contribution in [-0.4, -0.2) is 38.0 Å². The van der Waals surface area contributed by atoms with Gasteiger partial charge in [-0.05, 0) is 5.56 Å². The summed E-state index contributed by atoms with van der Waals surface area (Å²) in [6, 6.07) is 8.17. The van der Waals surface area contributed by atoms with Crippen LogP contribution in [0.25, 0.3) is 0 Å². The highest BCUT2D eigenvalue weighted by atomic mass is 16.5. The molecule has 7 nitrogen and oxygen atoms in total. The molecule has 0 bridgehead atoms. The van der Waals surface area contributed by atoms with Gasteiger partial charge >= 0.3 is 6.09 Å². The van der Waals surface area contributed by atoms with E-state index in [2.05, 4.69) is 16.0 Å². The van der Waals surface area contributed by atoms with Gasteiger partial charge in [0.2, 0.25) is 11.8 Å². The Morgan fingerprint density at radius 1 is 1.10 bits per heavy atom. The van der Waals surface area contributed by atoms with E-state index in [0.29, 0.717) is 0 Å². The summed E-state index contributed by atoms with van der Waals surface area (Å²) in [5.41, 5.74) is 0.829. The first-order chi connectivity index (χ1) is 10.1. The van der Waals surface area contributed by atoms with Crippen molar-refractivity contribution in [3.05, 3.63) is 35.9 Å². The van der Waals surface area contributed by atoms with E-state index in [1.165, 1.54) is 14.1 Å². The summed E-state index contributed by atoms with van der Waals surface area (Å²) in [5.74, 6) is -0.817. The highest BCUT2D eigenvalue weighted by Gasteiger charge is 2.23. The minimum atomic E-state index is -0.974. The number of alkyl carbamates (subject to hydrolysis) is 1. The van der Waals surface area contributed by atoms with E-state index in [9.17, 15) is 14.4 Å². The Kier molecular flexibility index (Phi) is 6.73. The van der Waals surface area contributed by atoms with E-state index < -0.39 is 18.0 Å². The zero-order valence-corrected chi connectivity index (χ0v) is 12.0. The van der Waals surface area contributed by atoms with Crippen LogP contribution in [0.5, 0.6) is 0 Å². The molecule has 0 saturated carbocycles. The number of amides is 3. The van der Waals surface area contributed by atoms with Crippen molar-refractivity contribution in [1.29, 1.82) is 0 Å². The lowest BCUT2D eigenvalue weighted by Gasteiger charge is -2.16. The van der Waals surface area contributed by atoms with E-state index >= 15 is 0 Å². The summed E-state index contributed by atoms with van der Waals surface area (Å²) in [4.78, 5) is 34.6. The lowest BCUT2D eigenvalue weighted by atomic mass is 10.2. The van der Waals surface area contributed by atoms with Gasteiger partial charge in [-0.3, -0.25) is 9.59 Å². The van der Waals surface area contributed by atoms with Crippen molar-refractivity contribution in [2.75, 3.05) is 14.1 Å². The average molecular weight is 293 g/mol. The van der Waals surface area contributed by atoms with Crippen molar-refractivity contribution in [3.63, 3.8) is 0 Å². The van der Waals surface area contributed by atoms with Gasteiger partial charge in [-0.25, -0.2) is 4.79 Å². The van der Waals surface area contributed by atoms with Crippen LogP contribution in [-0.2, 0) is 20.9 Å². The maximum absolute atomic E-state index is 11.7. The van der Waals surface area contributed by atoms with Crippen LogP contribution in [0, 0.1) is 0 Å². The second-order valence-electron chi connectivity index (χ2n) is 4.25. The lowest BCUT2D eigenvalue weighted by molar-refractivity contribution is -0.127. The third-order valence-electron chi connectivity index (χ3n) is 2.74. The predicted octanol–water partition coefficient (Wildman–Crippen LogP) is 0.163. The van der Waals surface area contributed by atoms with Crippen LogP contribution in [0.2, 0.25) is 0 Å². The van der Waals surface area contributed by atoms with Gasteiger partial charge in [-0.15, -0.1) is 0 Å². The van der Waals surface area contributed by atoms with Gasteiger partial charge in [-0.1, -0.05) is 30.3 Å². The van der Waals surface area contributed by atoms with Gasteiger partial charge in [0.05, 0.1) is 6.42 Å². The summed E-state index contributed by atoms with van der Waals surface area (Å²) in [6.45, 7) is 0.0904. The number of nitrogens with one attached hydrogen (secondary N) is 3. The third-order valence-corrected chi connectivity index (χ3v) is 2.74. The van der Waals surface area contributed by atoms with Crippen LogP contribution in [0.1, 0.15) is 12.0 Å². The Labute approximate surface area is 123 Å². The molecule has 0 aliphatic heterocycles. The molecule has 7 heteroatoms. The highest BCUT2D eigenvalue weighted by Crippen LogP contribution is 2.01. The standard InChI is InChI=1S/C14H19N3O4/c1-15-12(18)8-11(13(19)16-2)17-14(20)21-9-10-6-4-3-5-7-10/h3-7,11H,8-9H2,1-2H3,(H,15,18)(H,16,19)(H,17,20). The molecule has 0 heterocycles. The van der Waals surface area contributed by atoms with Gasteiger partial charge < -0.3 is 20.7 Å². The SMILES string of the molecule is CNC(=O)CC(NC(=O)OCc1ccccc1)C(=O)NC. The number of hydrogen-bond acceptors (Lipinski definition) is 4. The van der Waals surface area contributed by atoms with Gasteiger partial charge in [0.1, 0.15) is 12.6 Å². The van der Waals surface area contributed by atoms with E-state index in [0.717, 1.165) is 5.56 Å². The lowest BCUT2D eigenvalue weighted by Crippen LogP contribution is -2.48. The molecule has 1 aromatic carbocycles. The molecular formula is C14H19N3O4. The van der Waals surface area contributed by atoms with Crippen molar-refractivity contribution in [2.45, 2.75) is 19.1 Å². The van der Waals surface area contributed by atoms with Gasteiger partial charge in [-0.2, -0.15) is 0 Å². The van der Waals surface area contributed by atoms with Crippen LogP contribution in [0.4, 0.5) is 4.79 Å². The molecule has 1 unspecified atom stereocenters. The smallest absolute Gasteiger partial charge is 0.408 e. The topological polar surface area (TPSA) is 96.5 Å². The highest BCUT2D eigenvalue weighted by molar-refractivity contribution is 5.90. The first kappa shape index (κ1) is 16.5. The van der Waals surface area contributed by atoms with Gasteiger partial charge in [0, 0.05) is 14.1 Å². The fraction of sp³-hybridized carbons (Fsp3) is 0.357. The predicted molar refractivity (Wildman–Crippen MR) is 76.3 cm³/mol. The number of ether oxygens (including phenoxy) is 1. The van der Waals surface area contributed by atoms with Crippen LogP contribution < -0.4 is 16.0 Å². The quantitative estimate of drug-likeness (QED) is 0.696. The molecular weight excluding hydrogens is 274 g/mol. The monoisotopic (exact) mass is 293 g/mol. The third kappa shape index (κ3) is 5.94. The van der Waals surface area contributed by atoms with Crippen LogP contribution in [0.3, 0.4) is 0 Å². The molecule has 0 radical (unpaired) electrons. The number of rotatable bonds is 6. The summed E-state index contributed by atoms with van der Waals surface area (Å²) in [7, 11) is 2.88. The van der Waals surface area contributed by atoms with E-state index in [1.807, 2.05) is 30.3 Å². The molecule has 1 rings (SSSR count). The van der Waals surface area contributed by atoms with Crippen molar-refractivity contribution < 1.29 is 19.1 Å². The molecule has 114 valence electrons. The molecule has 0 spiro atoms. The summed E-state index contributed by atoms with van der Waals surface area (Å²) < 4.78 is 5.01. The van der Waals surface area contributed by atoms with E-state index in [-0.39, 0.29) is 18.9 Å². The minimum Gasteiger partial charge on any atom is -0.445 e. The number of likely N-dealkylation sites (N-methyl/N-ethyl adjacent to an activating group) is 1. The van der Waals surface area contributed by atoms with E-state index in [1.54, 1.807) is 0 Å². The van der Waals surface area contributed by atoms with Crippen LogP contribution in [0.15, 0.2) is 30.3 Å². The Hall–Kier alpha value is -2.57. The Morgan fingerprint density at radius 3 is 2.33 bits per heavy atom. The Bertz CT molecular complexity index is 490. The molecule has 21 heavy (non-hydrogen) atoms. The van der Waals surface area contributed by atoms with Gasteiger partial charge in [0.25, 0.3) is 0 Å². The fourth-order valence-corrected chi connectivity index (χ4v) is 1.58. The minimum absolute atomic E-state index is 0.0904. The van der Waals surface area contributed by atoms with E-state index in [4.69, 9.17) is 4.74 Å². The Balaban J connectivity index is 2.51. The van der Waals surface area contributed by atoms with Crippen molar-refractivity contribution in [2.24, 2.45) is 0 Å². The largest absolute Gasteiger partial charge is 0.445 e. The summed E-state index contributed by atoms with van der Waals surface area (Å²) >= 11 is 0. The molecule has 0 fully saturated rings. The maximum Gasteiger partial charge on any atom is 0.408 e. The normalized spacial score (nSPS) is 11.1. The molecule has 1 aromatic rings. The second-order valence-corrected chi connectivity index (χ2v) is 4.25. The summed E-state index contributed by atoms with van der Waals surface area (Å²) in [5, 5.41) is 7.15. The number of hydrogen-bond donors (Lipinski definition) is 3. The molecule has 0 aliphatic rings. The first-order valence-electron chi connectivity index (χ1n) is 6.46. The zero-order valence-electron chi connectivity index (χ0n) is 12.0. The molecule has 3 amide bonds. The first-order valence-corrected chi connectivity index (χ1v) is 6.46. The number of carbonyl (C=O) groups is 3. The molecule has 1 atom stereocenters. The Morgan fingerprint density at radius 2 is 1.76 bits per heavy atom. The molecule has 3 N–H and O–H groups in total.